The number of hydrogen-bond acceptors (Lipinski definition) is 5. The van der Waals surface area contributed by atoms with Crippen molar-refractivity contribution in [2.45, 2.75) is 20.8 Å². The molecule has 0 aliphatic carbocycles. The maximum Gasteiger partial charge on any atom is 0.335 e. The molecular weight excluding hydrogens is 328 g/mol. The van der Waals surface area contributed by atoms with Gasteiger partial charge in [0.25, 0.3) is 0 Å². The molecule has 0 radical (unpaired) electrons. The van der Waals surface area contributed by atoms with E-state index < -0.39 is 5.97 Å². The van der Waals surface area contributed by atoms with Crippen molar-refractivity contribution in [3.63, 3.8) is 0 Å². The normalized spacial score (nSPS) is 10.4. The third-order valence-electron chi connectivity index (χ3n) is 3.98. The molecule has 0 aliphatic rings. The molecule has 3 rings (SSSR count). The highest BCUT2D eigenvalue weighted by atomic mass is 16.4. The molecule has 0 saturated carbocycles. The first-order chi connectivity index (χ1) is 12.4. The van der Waals surface area contributed by atoms with Crippen LogP contribution in [-0.4, -0.2) is 21.0 Å². The minimum Gasteiger partial charge on any atom is -0.478 e. The monoisotopic (exact) mass is 348 g/mol. The van der Waals surface area contributed by atoms with Crippen LogP contribution in [0.15, 0.2) is 48.5 Å². The van der Waals surface area contributed by atoms with Crippen LogP contribution >= 0.6 is 0 Å². The van der Waals surface area contributed by atoms with Crippen LogP contribution in [0.25, 0.3) is 0 Å². The molecule has 0 aliphatic heterocycles. The molecule has 0 saturated heterocycles. The van der Waals surface area contributed by atoms with E-state index in [1.165, 1.54) is 0 Å². The van der Waals surface area contributed by atoms with Crippen molar-refractivity contribution in [3.8, 4) is 0 Å². The van der Waals surface area contributed by atoms with Crippen molar-refractivity contribution in [1.29, 1.82) is 0 Å². The second-order valence-corrected chi connectivity index (χ2v) is 6.08. The van der Waals surface area contributed by atoms with Crippen molar-refractivity contribution < 1.29 is 9.90 Å². The molecule has 26 heavy (non-hydrogen) atoms. The molecule has 6 heteroatoms. The van der Waals surface area contributed by atoms with Gasteiger partial charge in [-0.15, -0.1) is 0 Å². The summed E-state index contributed by atoms with van der Waals surface area (Å²) < 4.78 is 0. The van der Waals surface area contributed by atoms with Gasteiger partial charge in [0.1, 0.15) is 17.5 Å². The molecule has 0 unspecified atom stereocenters. The highest BCUT2D eigenvalue weighted by Crippen LogP contribution is 2.25. The third-order valence-corrected chi connectivity index (χ3v) is 3.98. The van der Waals surface area contributed by atoms with Gasteiger partial charge < -0.3 is 15.7 Å². The van der Waals surface area contributed by atoms with Crippen molar-refractivity contribution in [2.75, 3.05) is 10.6 Å². The van der Waals surface area contributed by atoms with Gasteiger partial charge in [0.2, 0.25) is 0 Å². The number of carboxylic acids is 1. The smallest absolute Gasteiger partial charge is 0.335 e. The number of hydrogen-bond donors (Lipinski definition) is 3. The molecule has 2 aromatic carbocycles. The van der Waals surface area contributed by atoms with Crippen molar-refractivity contribution in [2.24, 2.45) is 0 Å². The fourth-order valence-electron chi connectivity index (χ4n) is 2.68. The van der Waals surface area contributed by atoms with Gasteiger partial charge in [0.05, 0.1) is 5.56 Å². The Morgan fingerprint density at radius 2 is 1.46 bits per heavy atom. The Labute approximate surface area is 152 Å². The van der Waals surface area contributed by atoms with Crippen LogP contribution in [0, 0.1) is 20.8 Å². The Morgan fingerprint density at radius 1 is 0.885 bits per heavy atom. The number of anilines is 4. The molecule has 132 valence electrons. The Bertz CT molecular complexity index is 932. The summed E-state index contributed by atoms with van der Waals surface area (Å²) in [5, 5.41) is 15.5. The van der Waals surface area contributed by atoms with E-state index in [2.05, 4.69) is 20.6 Å². The molecule has 0 atom stereocenters. The molecule has 3 N–H and O–H groups in total. The Morgan fingerprint density at radius 3 is 2.04 bits per heavy atom. The summed E-state index contributed by atoms with van der Waals surface area (Å²) in [5.41, 5.74) is 4.31. The maximum atomic E-state index is 10.9. The van der Waals surface area contributed by atoms with E-state index in [-0.39, 0.29) is 5.56 Å². The molecule has 0 bridgehead atoms. The van der Waals surface area contributed by atoms with E-state index in [1.807, 2.05) is 45.0 Å². The van der Waals surface area contributed by atoms with E-state index in [1.54, 1.807) is 24.3 Å². The van der Waals surface area contributed by atoms with Crippen molar-refractivity contribution >= 4 is 29.0 Å². The molecule has 1 heterocycles. The first kappa shape index (κ1) is 17.4. The fraction of sp³-hybridized carbons (Fsp3) is 0.150. The van der Waals surface area contributed by atoms with Crippen molar-refractivity contribution in [1.82, 2.24) is 9.97 Å². The first-order valence-electron chi connectivity index (χ1n) is 8.21. The number of aryl methyl sites for hydroxylation is 3. The minimum absolute atomic E-state index is 0.242. The van der Waals surface area contributed by atoms with E-state index >= 15 is 0 Å². The molecule has 0 fully saturated rings. The fourth-order valence-corrected chi connectivity index (χ4v) is 2.68. The number of nitrogens with one attached hydrogen (secondary N) is 2. The van der Waals surface area contributed by atoms with Crippen LogP contribution in [0.5, 0.6) is 0 Å². The van der Waals surface area contributed by atoms with Crippen LogP contribution in [-0.2, 0) is 0 Å². The van der Waals surface area contributed by atoms with Crippen LogP contribution in [0.4, 0.5) is 23.0 Å². The Balaban J connectivity index is 1.84. The number of nitrogens with zero attached hydrogens (tertiary/aromatic N) is 2. The lowest BCUT2D eigenvalue weighted by molar-refractivity contribution is 0.0697. The van der Waals surface area contributed by atoms with Crippen molar-refractivity contribution in [3.05, 3.63) is 71.0 Å². The SMILES string of the molecule is Cc1nc(Nc2ccc(C(=O)O)cc2)cc(Nc2c(C)cccc2C)n1. The molecule has 0 amide bonds. The Hall–Kier alpha value is -3.41. The van der Waals surface area contributed by atoms with Crippen LogP contribution in [0.1, 0.15) is 27.3 Å². The second kappa shape index (κ2) is 7.23. The standard InChI is InChI=1S/C20H20N4O2/c1-12-5-4-6-13(2)19(12)24-18-11-17(21-14(3)22-18)23-16-9-7-15(8-10-16)20(25)26/h4-11H,1-3H3,(H,25,26)(H2,21,22,23,24). The third kappa shape index (κ3) is 3.97. The number of aromatic carboxylic acids is 1. The van der Waals surface area contributed by atoms with E-state index in [9.17, 15) is 4.79 Å². The lowest BCUT2D eigenvalue weighted by Gasteiger charge is -2.14. The number of benzene rings is 2. The second-order valence-electron chi connectivity index (χ2n) is 6.08. The zero-order valence-corrected chi connectivity index (χ0v) is 14.9. The van der Waals surface area contributed by atoms with Crippen LogP contribution in [0.3, 0.4) is 0 Å². The van der Waals surface area contributed by atoms with Gasteiger partial charge in [-0.25, -0.2) is 14.8 Å². The molecule has 0 spiro atoms. The molecule has 6 nitrogen and oxygen atoms in total. The lowest BCUT2D eigenvalue weighted by Crippen LogP contribution is -2.03. The summed E-state index contributed by atoms with van der Waals surface area (Å²) in [6, 6.07) is 14.5. The van der Waals surface area contributed by atoms with E-state index in [0.29, 0.717) is 17.5 Å². The molecular formula is C20H20N4O2. The van der Waals surface area contributed by atoms with Gasteiger partial charge in [0.15, 0.2) is 0 Å². The van der Waals surface area contributed by atoms with Gasteiger partial charge >= 0.3 is 5.97 Å². The molecule has 3 aromatic rings. The predicted octanol–water partition coefficient (Wildman–Crippen LogP) is 4.59. The number of para-hydroxylation sites is 1. The topological polar surface area (TPSA) is 87.1 Å². The number of carboxylic acid groups (broad SMARTS) is 1. The minimum atomic E-state index is -0.950. The Kier molecular flexibility index (Phi) is 4.84. The van der Waals surface area contributed by atoms with Gasteiger partial charge in [-0.3, -0.25) is 0 Å². The van der Waals surface area contributed by atoms with Gasteiger partial charge in [-0.1, -0.05) is 18.2 Å². The first-order valence-corrected chi connectivity index (χ1v) is 8.21. The van der Waals surface area contributed by atoms with Gasteiger partial charge in [-0.05, 0) is 56.2 Å². The summed E-state index contributed by atoms with van der Waals surface area (Å²) in [4.78, 5) is 19.8. The highest BCUT2D eigenvalue weighted by molar-refractivity contribution is 5.88. The maximum absolute atomic E-state index is 10.9. The number of rotatable bonds is 5. The summed E-state index contributed by atoms with van der Waals surface area (Å²) in [7, 11) is 0. The highest BCUT2D eigenvalue weighted by Gasteiger charge is 2.07. The largest absolute Gasteiger partial charge is 0.478 e. The number of carbonyl (C=O) groups is 1. The predicted molar refractivity (Wildman–Crippen MR) is 103 cm³/mol. The summed E-state index contributed by atoms with van der Waals surface area (Å²) >= 11 is 0. The average Bonchev–Trinajstić information content (AvgIpc) is 2.58. The van der Waals surface area contributed by atoms with Gasteiger partial charge in [0, 0.05) is 17.4 Å². The van der Waals surface area contributed by atoms with E-state index in [0.717, 1.165) is 22.5 Å². The summed E-state index contributed by atoms with van der Waals surface area (Å²) in [6.07, 6.45) is 0. The van der Waals surface area contributed by atoms with Gasteiger partial charge in [-0.2, -0.15) is 0 Å². The summed E-state index contributed by atoms with van der Waals surface area (Å²) in [6.45, 7) is 5.92. The zero-order chi connectivity index (χ0) is 18.7. The number of aromatic nitrogens is 2. The zero-order valence-electron chi connectivity index (χ0n) is 14.9. The average molecular weight is 348 g/mol. The quantitative estimate of drug-likeness (QED) is 0.625. The summed E-state index contributed by atoms with van der Waals surface area (Å²) in [5.74, 6) is 1.01. The van der Waals surface area contributed by atoms with Crippen LogP contribution < -0.4 is 10.6 Å². The van der Waals surface area contributed by atoms with E-state index in [4.69, 9.17) is 5.11 Å². The molecule has 1 aromatic heterocycles. The van der Waals surface area contributed by atoms with Crippen LogP contribution in [0.2, 0.25) is 0 Å². The lowest BCUT2D eigenvalue weighted by atomic mass is 10.1.